The van der Waals surface area contributed by atoms with Gasteiger partial charge in [0, 0.05) is 6.42 Å². The Morgan fingerprint density at radius 1 is 0.920 bits per heavy atom. The van der Waals surface area contributed by atoms with E-state index in [9.17, 15) is 44.3 Å². The predicted molar refractivity (Wildman–Crippen MR) is 67.2 cm³/mol. The number of alkyl halides is 10. The van der Waals surface area contributed by atoms with Crippen LogP contribution in [0.2, 0.25) is 0 Å². The zero-order valence-corrected chi connectivity index (χ0v) is 12.5. The van der Waals surface area contributed by atoms with E-state index in [-0.39, 0.29) is 5.75 Å². The fourth-order valence-corrected chi connectivity index (χ4v) is 1.75. The maximum atomic E-state index is 13.4. The molecule has 25 heavy (non-hydrogen) atoms. The Labute approximate surface area is 139 Å². The zero-order chi connectivity index (χ0) is 19.7. The molecule has 1 atom stereocenters. The van der Waals surface area contributed by atoms with Crippen molar-refractivity contribution < 1.29 is 49.0 Å². The van der Waals surface area contributed by atoms with Gasteiger partial charge in [-0.3, -0.25) is 4.79 Å². The molecule has 2 nitrogen and oxygen atoms in total. The molecule has 0 N–H and O–H groups in total. The lowest BCUT2D eigenvalue weighted by Crippen LogP contribution is -2.61. The SMILES string of the molecule is O=C(Oc1ccccc1)C(Cl)CC(F)(F)C(F)(F)C(F)(F)C(F)(F)F. The largest absolute Gasteiger partial charge is 0.460 e. The van der Waals surface area contributed by atoms with E-state index in [1.165, 1.54) is 18.2 Å². The molecule has 1 unspecified atom stereocenters. The van der Waals surface area contributed by atoms with Gasteiger partial charge in [-0.1, -0.05) is 18.2 Å². The smallest absolute Gasteiger partial charge is 0.425 e. The second-order valence-electron chi connectivity index (χ2n) is 4.76. The van der Waals surface area contributed by atoms with Crippen molar-refractivity contribution in [3.63, 3.8) is 0 Å². The number of esters is 1. The van der Waals surface area contributed by atoms with Crippen LogP contribution in [0.15, 0.2) is 30.3 Å². The van der Waals surface area contributed by atoms with E-state index in [0.29, 0.717) is 0 Å². The second-order valence-corrected chi connectivity index (χ2v) is 5.28. The van der Waals surface area contributed by atoms with Gasteiger partial charge in [-0.05, 0) is 12.1 Å². The summed E-state index contributed by atoms with van der Waals surface area (Å²) < 4.78 is 119. The number of carbonyl (C=O) groups excluding carboxylic acids is 1. The molecule has 0 aromatic heterocycles. The minimum atomic E-state index is -7.04. The van der Waals surface area contributed by atoms with Crippen LogP contribution in [0, 0.1) is 0 Å². The minimum Gasteiger partial charge on any atom is -0.425 e. The van der Waals surface area contributed by atoms with Gasteiger partial charge < -0.3 is 4.74 Å². The number of ether oxygens (including phenoxy) is 1. The summed E-state index contributed by atoms with van der Waals surface area (Å²) in [4.78, 5) is 11.4. The summed E-state index contributed by atoms with van der Waals surface area (Å²) >= 11 is 5.12. The molecule has 0 bridgehead atoms. The van der Waals surface area contributed by atoms with Crippen LogP contribution in [0.3, 0.4) is 0 Å². The summed E-state index contributed by atoms with van der Waals surface area (Å²) in [7, 11) is 0. The molecule has 0 saturated heterocycles. The van der Waals surface area contributed by atoms with Crippen molar-refractivity contribution in [1.82, 2.24) is 0 Å². The van der Waals surface area contributed by atoms with Crippen molar-refractivity contribution in [2.45, 2.75) is 35.7 Å². The molecule has 12 heteroatoms. The van der Waals surface area contributed by atoms with Crippen molar-refractivity contribution in [3.05, 3.63) is 30.3 Å². The number of hydrogen-bond acceptors (Lipinski definition) is 2. The number of rotatable bonds is 6. The fraction of sp³-hybridized carbons (Fsp3) is 0.462. The molecule has 0 fully saturated rings. The predicted octanol–water partition coefficient (Wildman–Crippen LogP) is 5.06. The highest BCUT2D eigenvalue weighted by Gasteiger charge is 2.81. The third kappa shape index (κ3) is 4.31. The van der Waals surface area contributed by atoms with Crippen molar-refractivity contribution >= 4 is 17.6 Å². The molecule has 0 saturated carbocycles. The van der Waals surface area contributed by atoms with Gasteiger partial charge in [-0.25, -0.2) is 0 Å². The minimum absolute atomic E-state index is 0.228. The van der Waals surface area contributed by atoms with Gasteiger partial charge in [0.2, 0.25) is 0 Å². The van der Waals surface area contributed by atoms with Crippen molar-refractivity contribution in [2.75, 3.05) is 0 Å². The van der Waals surface area contributed by atoms with E-state index in [0.717, 1.165) is 12.1 Å². The summed E-state index contributed by atoms with van der Waals surface area (Å²) in [5.41, 5.74) is 0. The van der Waals surface area contributed by atoms with Crippen molar-refractivity contribution in [1.29, 1.82) is 0 Å². The molecule has 0 spiro atoms. The van der Waals surface area contributed by atoms with E-state index in [1.807, 2.05) is 0 Å². The van der Waals surface area contributed by atoms with Crippen molar-refractivity contribution in [3.8, 4) is 5.75 Å². The van der Waals surface area contributed by atoms with Crippen LogP contribution in [0.1, 0.15) is 6.42 Å². The molecular weight excluding hydrogens is 395 g/mol. The topological polar surface area (TPSA) is 26.3 Å². The van der Waals surface area contributed by atoms with E-state index in [4.69, 9.17) is 11.6 Å². The molecule has 1 rings (SSSR count). The maximum Gasteiger partial charge on any atom is 0.460 e. The Bertz CT molecular complexity index is 601. The average Bonchev–Trinajstić information content (AvgIpc) is 2.46. The van der Waals surface area contributed by atoms with Gasteiger partial charge >= 0.3 is 29.9 Å². The number of benzene rings is 1. The standard InChI is InChI=1S/C13H8ClF9O2/c14-8(9(24)25-7-4-2-1-3-5-7)6-10(15,16)11(17,18)12(19,20)13(21,22)23/h1-5,8H,6H2. The molecule has 0 aliphatic rings. The lowest BCUT2D eigenvalue weighted by molar-refractivity contribution is -0.396. The summed E-state index contributed by atoms with van der Waals surface area (Å²) in [6.45, 7) is 0. The van der Waals surface area contributed by atoms with Gasteiger partial charge in [-0.15, -0.1) is 11.6 Å². The molecular formula is C13H8ClF9O2. The van der Waals surface area contributed by atoms with Gasteiger partial charge in [0.15, 0.2) is 0 Å². The first-order valence-electron chi connectivity index (χ1n) is 6.24. The normalized spacial score (nSPS) is 15.0. The average molecular weight is 403 g/mol. The van der Waals surface area contributed by atoms with Gasteiger partial charge in [0.1, 0.15) is 11.1 Å². The summed E-state index contributed by atoms with van der Waals surface area (Å²) in [6, 6.07) is 6.48. The molecule has 0 amide bonds. The van der Waals surface area contributed by atoms with E-state index in [2.05, 4.69) is 4.74 Å². The number of carbonyl (C=O) groups is 1. The van der Waals surface area contributed by atoms with E-state index in [1.54, 1.807) is 0 Å². The highest BCUT2D eigenvalue weighted by molar-refractivity contribution is 6.30. The quantitative estimate of drug-likeness (QED) is 0.288. The Morgan fingerprint density at radius 3 is 1.84 bits per heavy atom. The van der Waals surface area contributed by atoms with Gasteiger partial charge in [-0.2, -0.15) is 39.5 Å². The van der Waals surface area contributed by atoms with Crippen LogP contribution < -0.4 is 4.74 Å². The van der Waals surface area contributed by atoms with E-state index < -0.39 is 41.7 Å². The molecule has 142 valence electrons. The lowest BCUT2D eigenvalue weighted by Gasteiger charge is -2.34. The first kappa shape index (κ1) is 21.4. The summed E-state index contributed by atoms with van der Waals surface area (Å²) in [5.74, 6) is -21.8. The first-order chi connectivity index (χ1) is 11.1. The molecule has 0 aliphatic heterocycles. The highest BCUT2D eigenvalue weighted by atomic mass is 35.5. The zero-order valence-electron chi connectivity index (χ0n) is 11.8. The molecule has 1 aromatic carbocycles. The third-order valence-electron chi connectivity index (χ3n) is 2.86. The molecule has 0 heterocycles. The first-order valence-corrected chi connectivity index (χ1v) is 6.68. The van der Waals surface area contributed by atoms with Crippen LogP contribution >= 0.6 is 11.6 Å². The fourth-order valence-electron chi connectivity index (χ4n) is 1.51. The monoisotopic (exact) mass is 402 g/mol. The molecule has 1 aromatic rings. The Balaban J connectivity index is 2.93. The second kappa shape index (κ2) is 6.93. The summed E-state index contributed by atoms with van der Waals surface area (Å²) in [6.07, 6.45) is -9.44. The molecule has 0 aliphatic carbocycles. The number of halogens is 10. The lowest BCUT2D eigenvalue weighted by atomic mass is 9.99. The maximum absolute atomic E-state index is 13.4. The van der Waals surface area contributed by atoms with Crippen LogP contribution in [0.25, 0.3) is 0 Å². The van der Waals surface area contributed by atoms with Gasteiger partial charge in [0.05, 0.1) is 0 Å². The number of para-hydroxylation sites is 1. The third-order valence-corrected chi connectivity index (χ3v) is 3.20. The summed E-state index contributed by atoms with van der Waals surface area (Å²) in [5, 5.41) is -2.61. The highest BCUT2D eigenvalue weighted by Crippen LogP contribution is 2.54. The van der Waals surface area contributed by atoms with Crippen molar-refractivity contribution in [2.24, 2.45) is 0 Å². The molecule has 0 radical (unpaired) electrons. The van der Waals surface area contributed by atoms with Crippen LogP contribution in [0.4, 0.5) is 39.5 Å². The van der Waals surface area contributed by atoms with Crippen LogP contribution in [-0.2, 0) is 4.79 Å². The Morgan fingerprint density at radius 2 is 1.40 bits per heavy atom. The van der Waals surface area contributed by atoms with Crippen LogP contribution in [0.5, 0.6) is 5.75 Å². The number of hydrogen-bond donors (Lipinski definition) is 0. The van der Waals surface area contributed by atoms with Crippen LogP contribution in [-0.4, -0.2) is 35.3 Å². The Kier molecular flexibility index (Phi) is 5.93. The van der Waals surface area contributed by atoms with E-state index >= 15 is 0 Å². The Hall–Kier alpha value is -1.65. The van der Waals surface area contributed by atoms with Gasteiger partial charge in [0.25, 0.3) is 0 Å².